The Morgan fingerprint density at radius 1 is 1.32 bits per heavy atom. The number of carbonyl (C=O) groups is 1. The number of aldehydes is 1. The number of phenols is 1. The summed E-state index contributed by atoms with van der Waals surface area (Å²) < 4.78 is 0. The summed E-state index contributed by atoms with van der Waals surface area (Å²) in [5.41, 5.74) is 1.31. The number of hydrogen-bond acceptors (Lipinski definition) is 5. The van der Waals surface area contributed by atoms with E-state index in [1.165, 1.54) is 17.7 Å². The molecule has 5 nitrogen and oxygen atoms in total. The molecule has 0 aliphatic rings. The first-order chi connectivity index (χ1) is 10.7. The largest absolute Gasteiger partial charge is 0.508 e. The van der Waals surface area contributed by atoms with Crippen molar-refractivity contribution in [3.63, 3.8) is 0 Å². The molecule has 112 valence electrons. The van der Waals surface area contributed by atoms with Crippen molar-refractivity contribution in [2.75, 3.05) is 11.9 Å². The van der Waals surface area contributed by atoms with Crippen molar-refractivity contribution in [1.29, 1.82) is 0 Å². The number of nitrogens with zero attached hydrogens (tertiary/aromatic N) is 1. The van der Waals surface area contributed by atoms with Gasteiger partial charge in [0.15, 0.2) is 6.29 Å². The number of aliphatic hydroxyl groups is 1. The second-order valence-corrected chi connectivity index (χ2v) is 5.29. The quantitative estimate of drug-likeness (QED) is 0.261. The van der Waals surface area contributed by atoms with Gasteiger partial charge in [-0.2, -0.15) is 0 Å². The number of thiophene rings is 1. The van der Waals surface area contributed by atoms with Crippen LogP contribution in [0.4, 0.5) is 11.4 Å². The highest BCUT2D eigenvalue weighted by Gasteiger charge is 2.05. The summed E-state index contributed by atoms with van der Waals surface area (Å²) in [5.74, 6) is 5.88. The van der Waals surface area contributed by atoms with Gasteiger partial charge in [0.2, 0.25) is 0 Å². The average molecular weight is 314 g/mol. The van der Waals surface area contributed by atoms with Crippen molar-refractivity contribution in [3.8, 4) is 17.6 Å². The van der Waals surface area contributed by atoms with Crippen LogP contribution in [0.3, 0.4) is 0 Å². The molecule has 0 radical (unpaired) electrons. The van der Waals surface area contributed by atoms with E-state index in [1.807, 2.05) is 0 Å². The van der Waals surface area contributed by atoms with Gasteiger partial charge in [0, 0.05) is 12.1 Å². The van der Waals surface area contributed by atoms with E-state index in [1.54, 1.807) is 30.3 Å². The second kappa shape index (κ2) is 7.98. The number of hydrogen-bond donors (Lipinski definition) is 3. The van der Waals surface area contributed by atoms with Gasteiger partial charge < -0.3 is 15.5 Å². The molecule has 2 aromatic rings. The van der Waals surface area contributed by atoms with Gasteiger partial charge >= 0.3 is 0 Å². The van der Waals surface area contributed by atoms with Crippen LogP contribution in [0.2, 0.25) is 0 Å². The third-order valence-corrected chi connectivity index (χ3v) is 3.56. The van der Waals surface area contributed by atoms with Gasteiger partial charge in [0.1, 0.15) is 5.75 Å². The first-order valence-electron chi connectivity index (χ1n) is 6.50. The third-order valence-electron chi connectivity index (χ3n) is 2.60. The molecule has 0 aliphatic carbocycles. The first-order valence-corrected chi connectivity index (χ1v) is 7.31. The fourth-order valence-electron chi connectivity index (χ4n) is 1.58. The van der Waals surface area contributed by atoms with Gasteiger partial charge in [0.05, 0.1) is 28.4 Å². The molecule has 0 saturated heterocycles. The number of rotatable bonds is 5. The number of carbonyl (C=O) groups excluding carboxylic acids is 1. The number of aromatic hydroxyl groups is 1. The number of phenolic OH excluding ortho intramolecular Hbond substituents is 1. The van der Waals surface area contributed by atoms with Gasteiger partial charge in [-0.05, 0) is 30.3 Å². The molecule has 0 fully saturated rings. The number of nitrogens with one attached hydrogen (secondary N) is 1. The summed E-state index contributed by atoms with van der Waals surface area (Å²) in [4.78, 5) is 16.5. The zero-order valence-corrected chi connectivity index (χ0v) is 12.4. The van der Waals surface area contributed by atoms with Crippen LogP contribution in [-0.4, -0.2) is 29.4 Å². The Morgan fingerprint density at radius 3 is 2.77 bits per heavy atom. The topological polar surface area (TPSA) is 81.9 Å². The minimum absolute atomic E-state index is 0.0144. The molecule has 22 heavy (non-hydrogen) atoms. The maximum atomic E-state index is 11.0. The first kappa shape index (κ1) is 15.8. The molecule has 0 aliphatic heterocycles. The number of benzene rings is 1. The van der Waals surface area contributed by atoms with Crippen LogP contribution in [0.15, 0.2) is 35.3 Å². The van der Waals surface area contributed by atoms with Crippen molar-refractivity contribution in [1.82, 2.24) is 0 Å². The highest BCUT2D eigenvalue weighted by atomic mass is 32.1. The Morgan fingerprint density at radius 2 is 2.09 bits per heavy atom. The SMILES string of the molecule is O=Cc1sc(C#CCCO)cc1/N=C\Nc1ccc(O)cc1. The molecule has 3 N–H and O–H groups in total. The van der Waals surface area contributed by atoms with E-state index in [0.717, 1.165) is 16.9 Å². The van der Waals surface area contributed by atoms with Crippen molar-refractivity contribution in [3.05, 3.63) is 40.1 Å². The van der Waals surface area contributed by atoms with E-state index >= 15 is 0 Å². The smallest absolute Gasteiger partial charge is 0.162 e. The zero-order valence-electron chi connectivity index (χ0n) is 11.6. The molecule has 0 saturated carbocycles. The fourth-order valence-corrected chi connectivity index (χ4v) is 2.38. The highest BCUT2D eigenvalue weighted by molar-refractivity contribution is 7.14. The van der Waals surface area contributed by atoms with Crippen molar-refractivity contribution in [2.45, 2.75) is 6.42 Å². The van der Waals surface area contributed by atoms with Crippen LogP contribution >= 0.6 is 11.3 Å². The van der Waals surface area contributed by atoms with E-state index in [0.29, 0.717) is 17.0 Å². The van der Waals surface area contributed by atoms with Crippen LogP contribution in [-0.2, 0) is 0 Å². The second-order valence-electron chi connectivity index (χ2n) is 4.20. The molecule has 0 unspecified atom stereocenters. The lowest BCUT2D eigenvalue weighted by Gasteiger charge is -1.99. The van der Waals surface area contributed by atoms with E-state index < -0.39 is 0 Å². The summed E-state index contributed by atoms with van der Waals surface area (Å²) in [6.07, 6.45) is 2.62. The molecule has 0 bridgehead atoms. The number of aliphatic hydroxyl groups excluding tert-OH is 1. The predicted octanol–water partition coefficient (Wildman–Crippen LogP) is 2.77. The van der Waals surface area contributed by atoms with Crippen molar-refractivity contribution in [2.24, 2.45) is 4.99 Å². The summed E-state index contributed by atoms with van der Waals surface area (Å²) in [7, 11) is 0. The molecule has 0 amide bonds. The molecule has 1 heterocycles. The van der Waals surface area contributed by atoms with Crippen molar-refractivity contribution < 1.29 is 15.0 Å². The number of anilines is 1. The molecular formula is C16H14N2O3S. The lowest BCUT2D eigenvalue weighted by molar-refractivity contribution is 0.112. The molecule has 0 atom stereocenters. The van der Waals surface area contributed by atoms with Crippen LogP contribution in [0.1, 0.15) is 21.0 Å². The summed E-state index contributed by atoms with van der Waals surface area (Å²) in [6, 6.07) is 8.27. The van der Waals surface area contributed by atoms with Crippen LogP contribution in [0.5, 0.6) is 5.75 Å². The summed E-state index contributed by atoms with van der Waals surface area (Å²) in [6.45, 7) is 0.0144. The normalized spacial score (nSPS) is 10.2. The lowest BCUT2D eigenvalue weighted by Crippen LogP contribution is -1.93. The Kier molecular flexibility index (Phi) is 5.72. The Balaban J connectivity index is 2.08. The highest BCUT2D eigenvalue weighted by Crippen LogP contribution is 2.27. The van der Waals surface area contributed by atoms with Gasteiger partial charge in [0.25, 0.3) is 0 Å². The zero-order chi connectivity index (χ0) is 15.8. The Hall–Kier alpha value is -2.62. The van der Waals surface area contributed by atoms with Gasteiger partial charge in [-0.15, -0.1) is 11.3 Å². The minimum Gasteiger partial charge on any atom is -0.508 e. The Bertz CT molecular complexity index is 724. The molecule has 0 spiro atoms. The van der Waals surface area contributed by atoms with Crippen LogP contribution in [0, 0.1) is 11.8 Å². The van der Waals surface area contributed by atoms with E-state index in [2.05, 4.69) is 22.2 Å². The number of aliphatic imine (C=N–C) groups is 1. The van der Waals surface area contributed by atoms with Crippen LogP contribution in [0.25, 0.3) is 0 Å². The summed E-state index contributed by atoms with van der Waals surface area (Å²) in [5, 5.41) is 20.8. The van der Waals surface area contributed by atoms with E-state index in [4.69, 9.17) is 5.11 Å². The van der Waals surface area contributed by atoms with Crippen LogP contribution < -0.4 is 5.32 Å². The van der Waals surface area contributed by atoms with Gasteiger partial charge in [-0.25, -0.2) is 4.99 Å². The Labute approximate surface area is 132 Å². The minimum atomic E-state index is 0.0144. The predicted molar refractivity (Wildman–Crippen MR) is 88.2 cm³/mol. The molecule has 1 aromatic carbocycles. The van der Waals surface area contributed by atoms with E-state index in [-0.39, 0.29) is 12.4 Å². The third kappa shape index (κ3) is 4.45. The molecule has 1 aromatic heterocycles. The lowest BCUT2D eigenvalue weighted by atomic mass is 10.3. The van der Waals surface area contributed by atoms with Crippen molar-refractivity contribution >= 4 is 35.3 Å². The monoisotopic (exact) mass is 314 g/mol. The van der Waals surface area contributed by atoms with Gasteiger partial charge in [-0.1, -0.05) is 11.8 Å². The molecule has 2 rings (SSSR count). The fraction of sp³-hybridized carbons (Fsp3) is 0.125. The molecular weight excluding hydrogens is 300 g/mol. The summed E-state index contributed by atoms with van der Waals surface area (Å²) >= 11 is 1.26. The maximum Gasteiger partial charge on any atom is 0.162 e. The molecule has 6 heteroatoms. The van der Waals surface area contributed by atoms with Gasteiger partial charge in [-0.3, -0.25) is 4.79 Å². The van der Waals surface area contributed by atoms with E-state index in [9.17, 15) is 9.90 Å². The maximum absolute atomic E-state index is 11.0. The average Bonchev–Trinajstić information content (AvgIpc) is 2.92. The standard InChI is InChI=1S/C16H14N2O3S/c19-8-2-1-3-14-9-15(16(10-20)22-14)18-11-17-12-4-6-13(21)7-5-12/h4-7,9-11,19,21H,2,8H2,(H,17,18).